The zero-order valence-corrected chi connectivity index (χ0v) is 12.7. The first kappa shape index (κ1) is 15.2. The van der Waals surface area contributed by atoms with Gasteiger partial charge in [0.1, 0.15) is 0 Å². The second-order valence-electron chi connectivity index (χ2n) is 6.00. The Morgan fingerprint density at radius 2 is 2.00 bits per heavy atom. The highest BCUT2D eigenvalue weighted by Crippen LogP contribution is 2.27. The van der Waals surface area contributed by atoms with Crippen LogP contribution >= 0.6 is 0 Å². The Labute approximate surface area is 123 Å². The normalized spacial score (nSPS) is 11.6. The van der Waals surface area contributed by atoms with E-state index >= 15 is 0 Å². The van der Waals surface area contributed by atoms with Crippen LogP contribution in [0, 0.1) is 19.3 Å². The lowest BCUT2D eigenvalue weighted by Gasteiger charge is -2.19. The molecule has 0 aliphatic heterocycles. The van der Waals surface area contributed by atoms with Gasteiger partial charge in [0, 0.05) is 12.1 Å². The summed E-state index contributed by atoms with van der Waals surface area (Å²) in [6, 6.07) is 3.79. The molecule has 0 saturated carbocycles. The molecule has 0 atom stereocenters. The van der Waals surface area contributed by atoms with E-state index < -0.39 is 11.4 Å². The summed E-state index contributed by atoms with van der Waals surface area (Å²) in [5.41, 5.74) is 2.12. The van der Waals surface area contributed by atoms with Crippen molar-refractivity contribution in [3.05, 3.63) is 29.4 Å². The third-order valence-corrected chi connectivity index (χ3v) is 3.18. The number of aromatic nitrogens is 3. The molecule has 2 heterocycles. The number of pyridine rings is 1. The van der Waals surface area contributed by atoms with E-state index in [1.165, 1.54) is 0 Å². The van der Waals surface area contributed by atoms with Crippen molar-refractivity contribution in [1.29, 1.82) is 0 Å². The average molecular weight is 289 g/mol. The van der Waals surface area contributed by atoms with E-state index in [0.29, 0.717) is 18.2 Å². The number of aliphatic carboxylic acids is 1. The number of carboxylic acid groups (broad SMARTS) is 1. The first-order valence-corrected chi connectivity index (χ1v) is 6.76. The summed E-state index contributed by atoms with van der Waals surface area (Å²) in [5.74, 6) is 0.0238. The number of carboxylic acids is 1. The molecular weight excluding hydrogens is 270 g/mol. The molecule has 0 fully saturated rings. The van der Waals surface area contributed by atoms with Crippen LogP contribution in [0.1, 0.15) is 37.5 Å². The molecule has 0 radical (unpaired) electrons. The molecule has 21 heavy (non-hydrogen) atoms. The second kappa shape index (κ2) is 5.63. The summed E-state index contributed by atoms with van der Waals surface area (Å²) in [6.45, 7) is 7.54. The molecule has 0 aromatic carbocycles. The Hall–Kier alpha value is -2.24. The van der Waals surface area contributed by atoms with E-state index in [1.54, 1.807) is 0 Å². The Morgan fingerprint density at radius 3 is 2.62 bits per heavy atom. The first-order chi connectivity index (χ1) is 9.77. The van der Waals surface area contributed by atoms with Crippen LogP contribution in [0.5, 0.6) is 0 Å². The van der Waals surface area contributed by atoms with Crippen molar-refractivity contribution >= 4 is 5.97 Å². The molecule has 2 aromatic rings. The molecule has 6 nitrogen and oxygen atoms in total. The van der Waals surface area contributed by atoms with Crippen LogP contribution in [0.15, 0.2) is 16.5 Å². The van der Waals surface area contributed by atoms with Crippen LogP contribution in [0.2, 0.25) is 0 Å². The van der Waals surface area contributed by atoms with Crippen molar-refractivity contribution in [1.82, 2.24) is 15.2 Å². The van der Waals surface area contributed by atoms with Gasteiger partial charge in [-0.25, -0.2) is 0 Å². The Balaban J connectivity index is 2.20. The third-order valence-electron chi connectivity index (χ3n) is 3.18. The number of hydrogen-bond donors (Lipinski definition) is 1. The highest BCUT2D eigenvalue weighted by molar-refractivity contribution is 5.67. The fourth-order valence-corrected chi connectivity index (χ4v) is 2.23. The van der Waals surface area contributed by atoms with Crippen LogP contribution in [0.25, 0.3) is 11.5 Å². The standard InChI is InChI=1S/C15H19N3O3/c1-9-5-6-11(10(2)16-9)14-18-17-12(21-14)7-15(3,4)8-13(19)20/h5-6H,7-8H2,1-4H3,(H,19,20). The Bertz CT molecular complexity index is 662. The van der Waals surface area contributed by atoms with Gasteiger partial charge in [0.25, 0.3) is 0 Å². The summed E-state index contributed by atoms with van der Waals surface area (Å²) in [6.07, 6.45) is 0.473. The van der Waals surface area contributed by atoms with E-state index in [2.05, 4.69) is 15.2 Å². The van der Waals surface area contributed by atoms with Gasteiger partial charge < -0.3 is 9.52 Å². The molecule has 2 aromatic heterocycles. The molecule has 2 rings (SSSR count). The molecule has 1 N–H and O–H groups in total. The molecule has 0 amide bonds. The predicted octanol–water partition coefficient (Wildman–Crippen LogP) is 2.79. The molecule has 0 saturated heterocycles. The van der Waals surface area contributed by atoms with Gasteiger partial charge >= 0.3 is 5.97 Å². The minimum Gasteiger partial charge on any atom is -0.481 e. The molecule has 0 aliphatic rings. The van der Waals surface area contributed by atoms with Gasteiger partial charge in [-0.3, -0.25) is 9.78 Å². The number of hydrogen-bond acceptors (Lipinski definition) is 5. The van der Waals surface area contributed by atoms with E-state index in [1.807, 2.05) is 39.8 Å². The van der Waals surface area contributed by atoms with Crippen LogP contribution < -0.4 is 0 Å². The smallest absolute Gasteiger partial charge is 0.303 e. The van der Waals surface area contributed by atoms with Crippen LogP contribution in [0.3, 0.4) is 0 Å². The highest BCUT2D eigenvalue weighted by atomic mass is 16.4. The van der Waals surface area contributed by atoms with Gasteiger partial charge in [0.05, 0.1) is 17.7 Å². The predicted molar refractivity (Wildman–Crippen MR) is 76.7 cm³/mol. The maximum absolute atomic E-state index is 10.8. The zero-order chi connectivity index (χ0) is 15.6. The van der Waals surface area contributed by atoms with Crippen LogP contribution in [-0.4, -0.2) is 26.3 Å². The minimum absolute atomic E-state index is 0.0514. The number of rotatable bonds is 5. The lowest BCUT2D eigenvalue weighted by molar-refractivity contribution is -0.139. The second-order valence-corrected chi connectivity index (χ2v) is 6.00. The van der Waals surface area contributed by atoms with E-state index in [9.17, 15) is 4.79 Å². The fourth-order valence-electron chi connectivity index (χ4n) is 2.23. The largest absolute Gasteiger partial charge is 0.481 e. The van der Waals surface area contributed by atoms with Crippen molar-refractivity contribution in [3.63, 3.8) is 0 Å². The van der Waals surface area contributed by atoms with Gasteiger partial charge in [0.15, 0.2) is 0 Å². The number of carbonyl (C=O) groups is 1. The molecule has 112 valence electrons. The van der Waals surface area contributed by atoms with E-state index in [4.69, 9.17) is 9.52 Å². The lowest BCUT2D eigenvalue weighted by atomic mass is 9.86. The van der Waals surface area contributed by atoms with Crippen LogP contribution in [-0.2, 0) is 11.2 Å². The van der Waals surface area contributed by atoms with Gasteiger partial charge in [-0.05, 0) is 31.4 Å². The van der Waals surface area contributed by atoms with E-state index in [-0.39, 0.29) is 6.42 Å². The van der Waals surface area contributed by atoms with Gasteiger partial charge in [0.2, 0.25) is 11.8 Å². The summed E-state index contributed by atoms with van der Waals surface area (Å²) in [7, 11) is 0. The topological polar surface area (TPSA) is 89.1 Å². The van der Waals surface area contributed by atoms with Crippen molar-refractivity contribution in [2.75, 3.05) is 0 Å². The summed E-state index contributed by atoms with van der Waals surface area (Å²) >= 11 is 0. The zero-order valence-electron chi connectivity index (χ0n) is 12.7. The Morgan fingerprint density at radius 1 is 1.29 bits per heavy atom. The molecule has 0 bridgehead atoms. The van der Waals surface area contributed by atoms with Gasteiger partial charge in [-0.2, -0.15) is 0 Å². The summed E-state index contributed by atoms with van der Waals surface area (Å²) < 4.78 is 5.65. The van der Waals surface area contributed by atoms with Gasteiger partial charge in [-0.1, -0.05) is 13.8 Å². The maximum Gasteiger partial charge on any atom is 0.303 e. The van der Waals surface area contributed by atoms with Gasteiger partial charge in [-0.15, -0.1) is 10.2 Å². The summed E-state index contributed by atoms with van der Waals surface area (Å²) in [5, 5.41) is 16.9. The minimum atomic E-state index is -0.835. The van der Waals surface area contributed by atoms with Crippen molar-refractivity contribution in [2.24, 2.45) is 5.41 Å². The highest BCUT2D eigenvalue weighted by Gasteiger charge is 2.25. The summed E-state index contributed by atoms with van der Waals surface area (Å²) in [4.78, 5) is 15.2. The van der Waals surface area contributed by atoms with Crippen molar-refractivity contribution in [3.8, 4) is 11.5 Å². The maximum atomic E-state index is 10.8. The fraction of sp³-hybridized carbons (Fsp3) is 0.467. The number of nitrogens with zero attached hydrogens (tertiary/aromatic N) is 3. The monoisotopic (exact) mass is 289 g/mol. The number of aryl methyl sites for hydroxylation is 2. The van der Waals surface area contributed by atoms with Crippen LogP contribution in [0.4, 0.5) is 0 Å². The molecule has 0 unspecified atom stereocenters. The van der Waals surface area contributed by atoms with Crippen molar-refractivity contribution in [2.45, 2.75) is 40.5 Å². The first-order valence-electron chi connectivity index (χ1n) is 6.76. The third kappa shape index (κ3) is 3.87. The van der Waals surface area contributed by atoms with E-state index in [0.717, 1.165) is 17.0 Å². The Kier molecular flexibility index (Phi) is 4.06. The van der Waals surface area contributed by atoms with Crippen molar-refractivity contribution < 1.29 is 14.3 Å². The molecule has 0 spiro atoms. The molecule has 6 heteroatoms. The quantitative estimate of drug-likeness (QED) is 0.910. The SMILES string of the molecule is Cc1ccc(-c2nnc(CC(C)(C)CC(=O)O)o2)c(C)n1. The lowest BCUT2D eigenvalue weighted by Crippen LogP contribution is -2.19. The molecular formula is C15H19N3O3. The molecule has 0 aliphatic carbocycles. The average Bonchev–Trinajstić information content (AvgIpc) is 2.74.